The predicted molar refractivity (Wildman–Crippen MR) is 196 cm³/mol. The standard InChI is InChI=1S/C39H63NO16/c1-19-15-25(13-14-41)35(36(48-10)29(52-23(5)42)17-30(45)49-20(2)16-28-27(54-28)12-11-26(19)44)56-38-33(46)32(40(8)9)34(21(3)51-38)55-31-18-39(7,47)37(22(4)50-31)53-24(6)43/h11-12,14,19-22,25-29,31-38,44,46-47H,13,15-18H2,1-10H3. The summed E-state index contributed by atoms with van der Waals surface area (Å²) >= 11 is 0. The summed E-state index contributed by atoms with van der Waals surface area (Å²) in [6.07, 6.45) is -8.25. The number of aliphatic hydroxyl groups is 3. The van der Waals surface area contributed by atoms with E-state index in [0.29, 0.717) is 12.7 Å². The van der Waals surface area contributed by atoms with Gasteiger partial charge in [0.25, 0.3) is 0 Å². The fourth-order valence-electron chi connectivity index (χ4n) is 8.27. The van der Waals surface area contributed by atoms with E-state index in [9.17, 15) is 34.5 Å². The number of hydrogen-bond acceptors (Lipinski definition) is 17. The van der Waals surface area contributed by atoms with Crippen molar-refractivity contribution >= 4 is 24.2 Å². The molecule has 0 aromatic heterocycles. The van der Waals surface area contributed by atoms with Crippen molar-refractivity contribution in [3.8, 4) is 0 Å². The van der Waals surface area contributed by atoms with Gasteiger partial charge in [0.05, 0.1) is 43.0 Å². The highest BCUT2D eigenvalue weighted by molar-refractivity contribution is 5.72. The molecule has 18 atom stereocenters. The maximum atomic E-state index is 13.3. The summed E-state index contributed by atoms with van der Waals surface area (Å²) in [5.41, 5.74) is -1.49. The van der Waals surface area contributed by atoms with E-state index in [1.165, 1.54) is 27.9 Å². The summed E-state index contributed by atoms with van der Waals surface area (Å²) in [6, 6.07) is -0.782. The van der Waals surface area contributed by atoms with Crippen LogP contribution in [0.5, 0.6) is 0 Å². The molecule has 4 aliphatic rings. The molecule has 3 saturated heterocycles. The third-order valence-electron chi connectivity index (χ3n) is 11.0. The largest absolute Gasteiger partial charge is 0.462 e. The highest BCUT2D eigenvalue weighted by atomic mass is 16.7. The van der Waals surface area contributed by atoms with Gasteiger partial charge >= 0.3 is 17.9 Å². The number of rotatable bonds is 10. The van der Waals surface area contributed by atoms with Crippen molar-refractivity contribution < 1.29 is 77.1 Å². The van der Waals surface area contributed by atoms with Crippen molar-refractivity contribution in [3.63, 3.8) is 0 Å². The number of carbonyl (C=O) groups excluding carboxylic acids is 4. The molecule has 3 N–H and O–H groups in total. The Morgan fingerprint density at radius 1 is 0.946 bits per heavy atom. The molecule has 56 heavy (non-hydrogen) atoms. The maximum Gasteiger partial charge on any atom is 0.309 e. The fraction of sp³-hybridized carbons (Fsp3) is 0.846. The summed E-state index contributed by atoms with van der Waals surface area (Å²) < 4.78 is 53.8. The topological polar surface area (TPSA) is 219 Å². The lowest BCUT2D eigenvalue weighted by molar-refractivity contribution is -0.344. The van der Waals surface area contributed by atoms with Gasteiger partial charge in [-0.3, -0.25) is 14.4 Å². The molecule has 0 aromatic carbocycles. The fourth-order valence-corrected chi connectivity index (χ4v) is 8.27. The van der Waals surface area contributed by atoms with Gasteiger partial charge in [-0.15, -0.1) is 0 Å². The Balaban J connectivity index is 1.66. The lowest BCUT2D eigenvalue weighted by Crippen LogP contribution is -2.66. The van der Waals surface area contributed by atoms with Crippen molar-refractivity contribution in [1.29, 1.82) is 0 Å². The van der Waals surface area contributed by atoms with Gasteiger partial charge in [-0.25, -0.2) is 0 Å². The number of fused-ring (bicyclic) bond motifs is 1. The van der Waals surface area contributed by atoms with Gasteiger partial charge in [-0.2, -0.15) is 0 Å². The second-order valence-electron chi connectivity index (χ2n) is 16.2. The Labute approximate surface area is 329 Å². The van der Waals surface area contributed by atoms with E-state index in [4.69, 9.17) is 42.6 Å². The summed E-state index contributed by atoms with van der Waals surface area (Å²) in [4.78, 5) is 51.5. The van der Waals surface area contributed by atoms with Crippen LogP contribution in [0.2, 0.25) is 0 Å². The molecule has 17 nitrogen and oxygen atoms in total. The lowest BCUT2D eigenvalue weighted by Gasteiger charge is -2.50. The van der Waals surface area contributed by atoms with Crippen LogP contribution in [-0.4, -0.2) is 163 Å². The molecular formula is C39H63NO16. The molecule has 0 saturated carbocycles. The third kappa shape index (κ3) is 12.0. The molecule has 3 fully saturated rings. The zero-order valence-corrected chi connectivity index (χ0v) is 34.2. The smallest absolute Gasteiger partial charge is 0.309 e. The number of aldehydes is 1. The molecule has 320 valence electrons. The summed E-state index contributed by atoms with van der Waals surface area (Å²) in [5.74, 6) is -3.04. The monoisotopic (exact) mass is 801 g/mol. The number of cyclic esters (lactones) is 1. The Hall–Kier alpha value is -2.58. The number of epoxide rings is 1. The van der Waals surface area contributed by atoms with Crippen LogP contribution in [0.15, 0.2) is 12.2 Å². The van der Waals surface area contributed by atoms with Crippen LogP contribution >= 0.6 is 0 Å². The molecule has 0 radical (unpaired) electrons. The first-order valence-electron chi connectivity index (χ1n) is 19.5. The number of ether oxygens (including phenoxy) is 9. The zero-order valence-electron chi connectivity index (χ0n) is 34.2. The van der Waals surface area contributed by atoms with Crippen molar-refractivity contribution in [2.75, 3.05) is 21.2 Å². The Morgan fingerprint density at radius 2 is 1.62 bits per heavy atom. The number of carbonyl (C=O) groups is 4. The predicted octanol–water partition coefficient (Wildman–Crippen LogP) is 1.20. The number of esters is 3. The quantitative estimate of drug-likeness (QED) is 0.0929. The number of aliphatic hydroxyl groups excluding tert-OH is 2. The Morgan fingerprint density at radius 3 is 2.21 bits per heavy atom. The van der Waals surface area contributed by atoms with E-state index >= 15 is 0 Å². The Kier molecular flexibility index (Phi) is 16.4. The second-order valence-corrected chi connectivity index (χ2v) is 16.2. The average Bonchev–Trinajstić information content (AvgIpc) is 3.82. The molecule has 4 heterocycles. The molecule has 0 spiro atoms. The molecule has 18 unspecified atom stereocenters. The first-order valence-corrected chi connectivity index (χ1v) is 19.5. The van der Waals surface area contributed by atoms with Gasteiger partial charge in [0.15, 0.2) is 18.7 Å². The third-order valence-corrected chi connectivity index (χ3v) is 11.0. The van der Waals surface area contributed by atoms with E-state index in [1.807, 2.05) is 6.92 Å². The van der Waals surface area contributed by atoms with Crippen molar-refractivity contribution in [2.45, 2.75) is 178 Å². The molecule has 0 amide bonds. The second kappa shape index (κ2) is 19.9. The highest BCUT2D eigenvalue weighted by Gasteiger charge is 2.53. The van der Waals surface area contributed by atoms with E-state index in [-0.39, 0.29) is 31.5 Å². The van der Waals surface area contributed by atoms with Gasteiger partial charge in [0.2, 0.25) is 0 Å². The maximum absolute atomic E-state index is 13.3. The van der Waals surface area contributed by atoms with Crippen LogP contribution in [0, 0.1) is 11.8 Å². The normalized spacial score (nSPS) is 44.0. The van der Waals surface area contributed by atoms with Crippen molar-refractivity contribution in [1.82, 2.24) is 4.90 Å². The zero-order chi connectivity index (χ0) is 41.6. The van der Waals surface area contributed by atoms with Crippen molar-refractivity contribution in [3.05, 3.63) is 12.2 Å². The van der Waals surface area contributed by atoms with E-state index < -0.39 is 121 Å². The number of likely N-dealkylation sites (N-methyl/N-ethyl adjacent to an activating group) is 1. The molecule has 0 bridgehead atoms. The van der Waals surface area contributed by atoms with Crippen LogP contribution in [-0.2, 0) is 61.8 Å². The van der Waals surface area contributed by atoms with Crippen LogP contribution < -0.4 is 0 Å². The molecule has 17 heteroatoms. The first-order chi connectivity index (χ1) is 26.3. The summed E-state index contributed by atoms with van der Waals surface area (Å²) in [6.45, 7) is 10.9. The molecule has 4 aliphatic heterocycles. The van der Waals surface area contributed by atoms with E-state index in [2.05, 4.69) is 0 Å². The van der Waals surface area contributed by atoms with Gasteiger partial charge < -0.3 is 67.6 Å². The number of hydrogen-bond donors (Lipinski definition) is 3. The van der Waals surface area contributed by atoms with Gasteiger partial charge in [0, 0.05) is 40.2 Å². The molecule has 0 aromatic rings. The summed E-state index contributed by atoms with van der Waals surface area (Å²) in [5, 5.41) is 34.4. The minimum absolute atomic E-state index is 0.0497. The van der Waals surface area contributed by atoms with Gasteiger partial charge in [0.1, 0.15) is 48.5 Å². The number of methoxy groups -OCH3 is 1. The van der Waals surface area contributed by atoms with E-state index in [0.717, 1.165) is 0 Å². The summed E-state index contributed by atoms with van der Waals surface area (Å²) in [7, 11) is 4.84. The van der Waals surface area contributed by atoms with Crippen molar-refractivity contribution in [2.24, 2.45) is 11.8 Å². The molecule has 4 rings (SSSR count). The van der Waals surface area contributed by atoms with Crippen LogP contribution in [0.4, 0.5) is 0 Å². The van der Waals surface area contributed by atoms with Crippen LogP contribution in [0.3, 0.4) is 0 Å². The number of nitrogens with zero attached hydrogens (tertiary/aromatic N) is 1. The first kappa shape index (κ1) is 46.1. The van der Waals surface area contributed by atoms with Gasteiger partial charge in [-0.05, 0) is 60.0 Å². The lowest BCUT2D eigenvalue weighted by atomic mass is 9.82. The SMILES string of the molecule is COC1C(OC(C)=O)CC(=O)OC(C)CC2OC2C=CC(O)C(C)CC(CC=O)C1OC1OC(C)C(OC2CC(C)(O)C(OC(C)=O)C(C)O2)C(N(C)C)C1O. The van der Waals surface area contributed by atoms with E-state index in [1.54, 1.807) is 51.9 Å². The Bertz CT molecular complexity index is 1360. The van der Waals surface area contributed by atoms with Crippen LogP contribution in [0.1, 0.15) is 80.6 Å². The molecular weight excluding hydrogens is 738 g/mol. The van der Waals surface area contributed by atoms with Crippen LogP contribution in [0.25, 0.3) is 0 Å². The van der Waals surface area contributed by atoms with Gasteiger partial charge in [-0.1, -0.05) is 19.1 Å². The molecule has 0 aliphatic carbocycles. The minimum Gasteiger partial charge on any atom is -0.462 e. The average molecular weight is 802 g/mol. The minimum atomic E-state index is -1.49. The highest BCUT2D eigenvalue weighted by Crippen LogP contribution is 2.38.